The highest BCUT2D eigenvalue weighted by Gasteiger charge is 2.20. The van der Waals surface area contributed by atoms with E-state index in [0.29, 0.717) is 27.2 Å². The quantitative estimate of drug-likeness (QED) is 0.576. The number of aromatic nitrogens is 1. The number of nitrogens with one attached hydrogen (secondary N) is 1. The summed E-state index contributed by atoms with van der Waals surface area (Å²) < 4.78 is 10.4. The molecule has 0 saturated heterocycles. The summed E-state index contributed by atoms with van der Waals surface area (Å²) in [4.78, 5) is 29.6. The summed E-state index contributed by atoms with van der Waals surface area (Å²) in [5.41, 5.74) is 1.63. The molecule has 1 N–H and O–H groups in total. The van der Waals surface area contributed by atoms with E-state index in [2.05, 4.69) is 10.3 Å². The lowest BCUT2D eigenvalue weighted by Crippen LogP contribution is -2.12. The molecule has 1 aromatic heterocycles. The number of benzene rings is 2. The number of Topliss-reactive ketones (excluding diaryl/α,β-unsaturated/α-hetero) is 1. The van der Waals surface area contributed by atoms with Gasteiger partial charge in [0.2, 0.25) is 0 Å². The third kappa shape index (κ3) is 4.00. The van der Waals surface area contributed by atoms with Gasteiger partial charge >= 0.3 is 0 Å². The SMILES string of the molecule is COc1cc(C(=O)Nc2nc(-c3ccccc3)c(C(C)=O)s2)cc(Cl)c1OC. The number of carbonyl (C=O) groups excluding carboxylic acids is 2. The van der Waals surface area contributed by atoms with Gasteiger partial charge in [0, 0.05) is 18.1 Å². The van der Waals surface area contributed by atoms with E-state index in [-0.39, 0.29) is 16.4 Å². The van der Waals surface area contributed by atoms with E-state index in [0.717, 1.165) is 16.9 Å². The van der Waals surface area contributed by atoms with Crippen molar-refractivity contribution in [3.8, 4) is 22.8 Å². The van der Waals surface area contributed by atoms with Gasteiger partial charge in [0.1, 0.15) is 0 Å². The van der Waals surface area contributed by atoms with Crippen LogP contribution < -0.4 is 14.8 Å². The van der Waals surface area contributed by atoms with Crippen LogP contribution in [0.15, 0.2) is 42.5 Å². The Labute approximate surface area is 171 Å². The van der Waals surface area contributed by atoms with Gasteiger partial charge in [-0.3, -0.25) is 14.9 Å². The summed E-state index contributed by atoms with van der Waals surface area (Å²) in [6.07, 6.45) is 0. The number of thiazole rings is 1. The van der Waals surface area contributed by atoms with Crippen molar-refractivity contribution in [2.24, 2.45) is 0 Å². The molecule has 144 valence electrons. The number of amides is 1. The Morgan fingerprint density at radius 1 is 1.11 bits per heavy atom. The highest BCUT2D eigenvalue weighted by molar-refractivity contribution is 7.18. The fraction of sp³-hybridized carbons (Fsp3) is 0.150. The van der Waals surface area contributed by atoms with Gasteiger partial charge < -0.3 is 9.47 Å². The number of carbonyl (C=O) groups is 2. The molecule has 0 radical (unpaired) electrons. The second-order valence-corrected chi connectivity index (χ2v) is 7.17. The molecular formula is C20H17ClN2O4S. The Morgan fingerprint density at radius 2 is 1.82 bits per heavy atom. The lowest BCUT2D eigenvalue weighted by Gasteiger charge is -2.11. The molecule has 6 nitrogen and oxygen atoms in total. The molecular weight excluding hydrogens is 400 g/mol. The standard InChI is InChI=1S/C20H17ClN2O4S/c1-11(24)18-16(12-7-5-4-6-8-12)22-20(28-18)23-19(25)13-9-14(21)17(27-3)15(10-13)26-2/h4-10H,1-3H3,(H,22,23,25). The summed E-state index contributed by atoms with van der Waals surface area (Å²) in [6, 6.07) is 12.3. The van der Waals surface area contributed by atoms with Gasteiger partial charge in [0.15, 0.2) is 22.4 Å². The smallest absolute Gasteiger partial charge is 0.257 e. The lowest BCUT2D eigenvalue weighted by molar-refractivity contribution is 0.101. The molecule has 0 fully saturated rings. The second-order valence-electron chi connectivity index (χ2n) is 5.77. The number of hydrogen-bond donors (Lipinski definition) is 1. The molecule has 1 heterocycles. The van der Waals surface area contributed by atoms with Crippen LogP contribution in [0.2, 0.25) is 5.02 Å². The van der Waals surface area contributed by atoms with E-state index >= 15 is 0 Å². The molecule has 8 heteroatoms. The Kier molecular flexibility index (Phi) is 5.96. The van der Waals surface area contributed by atoms with E-state index in [1.165, 1.54) is 33.3 Å². The number of methoxy groups -OCH3 is 2. The minimum Gasteiger partial charge on any atom is -0.493 e. The van der Waals surface area contributed by atoms with Crippen molar-refractivity contribution in [1.82, 2.24) is 4.98 Å². The van der Waals surface area contributed by atoms with Crippen LogP contribution in [-0.2, 0) is 0 Å². The first-order valence-electron chi connectivity index (χ1n) is 8.24. The fourth-order valence-corrected chi connectivity index (χ4v) is 3.79. The number of ether oxygens (including phenoxy) is 2. The maximum atomic E-state index is 12.7. The first-order chi connectivity index (χ1) is 13.4. The molecule has 0 aliphatic carbocycles. The van der Waals surface area contributed by atoms with Crippen LogP contribution in [0.3, 0.4) is 0 Å². The van der Waals surface area contributed by atoms with Gasteiger partial charge in [-0.05, 0) is 12.1 Å². The van der Waals surface area contributed by atoms with Crippen molar-refractivity contribution in [3.05, 3.63) is 57.9 Å². The van der Waals surface area contributed by atoms with Crippen LogP contribution in [0, 0.1) is 0 Å². The van der Waals surface area contributed by atoms with E-state index in [9.17, 15) is 9.59 Å². The third-order valence-electron chi connectivity index (χ3n) is 3.91. The zero-order valence-electron chi connectivity index (χ0n) is 15.4. The zero-order valence-corrected chi connectivity index (χ0v) is 17.0. The third-order valence-corrected chi connectivity index (χ3v) is 5.26. The van der Waals surface area contributed by atoms with Crippen molar-refractivity contribution >= 4 is 39.8 Å². The molecule has 0 atom stereocenters. The summed E-state index contributed by atoms with van der Waals surface area (Å²) in [5, 5.41) is 3.29. The number of anilines is 1. The highest BCUT2D eigenvalue weighted by atomic mass is 35.5. The molecule has 2 aromatic carbocycles. The van der Waals surface area contributed by atoms with Gasteiger partial charge in [0.05, 0.1) is 29.8 Å². The molecule has 0 saturated carbocycles. The van der Waals surface area contributed by atoms with Gasteiger partial charge in [-0.2, -0.15) is 0 Å². The maximum absolute atomic E-state index is 12.7. The van der Waals surface area contributed by atoms with Crippen molar-refractivity contribution in [2.75, 3.05) is 19.5 Å². The van der Waals surface area contributed by atoms with Gasteiger partial charge in [0.25, 0.3) is 5.91 Å². The van der Waals surface area contributed by atoms with Crippen molar-refractivity contribution in [2.45, 2.75) is 6.92 Å². The lowest BCUT2D eigenvalue weighted by atomic mass is 10.1. The zero-order chi connectivity index (χ0) is 20.3. The summed E-state index contributed by atoms with van der Waals surface area (Å²) in [7, 11) is 2.93. The van der Waals surface area contributed by atoms with Crippen molar-refractivity contribution in [1.29, 1.82) is 0 Å². The predicted octanol–water partition coefficient (Wildman–Crippen LogP) is 4.94. The van der Waals surface area contributed by atoms with E-state index in [1.807, 2.05) is 30.3 Å². The predicted molar refractivity (Wildman–Crippen MR) is 110 cm³/mol. The molecule has 0 bridgehead atoms. The number of ketones is 1. The Hall–Kier alpha value is -2.90. The molecule has 3 aromatic rings. The topological polar surface area (TPSA) is 77.5 Å². The van der Waals surface area contributed by atoms with Crippen molar-refractivity contribution < 1.29 is 19.1 Å². The number of nitrogens with zero attached hydrogens (tertiary/aromatic N) is 1. The van der Waals surface area contributed by atoms with Gasteiger partial charge in [-0.15, -0.1) is 0 Å². The minimum atomic E-state index is -0.425. The van der Waals surface area contributed by atoms with Crippen LogP contribution in [0.25, 0.3) is 11.3 Å². The highest BCUT2D eigenvalue weighted by Crippen LogP contribution is 2.37. The summed E-state index contributed by atoms with van der Waals surface area (Å²) in [5.74, 6) is 0.145. The summed E-state index contributed by atoms with van der Waals surface area (Å²) >= 11 is 7.29. The molecule has 0 spiro atoms. The first kappa shape index (κ1) is 19.9. The van der Waals surface area contributed by atoms with Crippen LogP contribution in [0.4, 0.5) is 5.13 Å². The number of hydrogen-bond acceptors (Lipinski definition) is 6. The Bertz CT molecular complexity index is 1030. The molecule has 1 amide bonds. The molecule has 3 rings (SSSR count). The normalized spacial score (nSPS) is 10.4. The van der Waals surface area contributed by atoms with Crippen LogP contribution in [-0.4, -0.2) is 30.9 Å². The average molecular weight is 417 g/mol. The average Bonchev–Trinajstić information content (AvgIpc) is 3.12. The van der Waals surface area contributed by atoms with Crippen molar-refractivity contribution in [3.63, 3.8) is 0 Å². The monoisotopic (exact) mass is 416 g/mol. The molecule has 0 aliphatic heterocycles. The molecule has 0 aliphatic rings. The van der Waals surface area contributed by atoms with Gasteiger partial charge in [-0.25, -0.2) is 4.98 Å². The second kappa shape index (κ2) is 8.41. The largest absolute Gasteiger partial charge is 0.493 e. The molecule has 28 heavy (non-hydrogen) atoms. The number of halogens is 1. The van der Waals surface area contributed by atoms with Crippen LogP contribution in [0.5, 0.6) is 11.5 Å². The molecule has 0 unspecified atom stereocenters. The van der Waals surface area contributed by atoms with Crippen LogP contribution in [0.1, 0.15) is 27.0 Å². The Morgan fingerprint density at radius 3 is 2.43 bits per heavy atom. The van der Waals surface area contributed by atoms with Gasteiger partial charge in [-0.1, -0.05) is 53.3 Å². The minimum absolute atomic E-state index is 0.119. The van der Waals surface area contributed by atoms with E-state index in [4.69, 9.17) is 21.1 Å². The maximum Gasteiger partial charge on any atom is 0.257 e. The first-order valence-corrected chi connectivity index (χ1v) is 9.44. The summed E-state index contributed by atoms with van der Waals surface area (Å²) in [6.45, 7) is 1.47. The van der Waals surface area contributed by atoms with E-state index in [1.54, 1.807) is 0 Å². The van der Waals surface area contributed by atoms with Crippen LogP contribution >= 0.6 is 22.9 Å². The Balaban J connectivity index is 1.93. The van der Waals surface area contributed by atoms with E-state index < -0.39 is 5.91 Å². The number of rotatable bonds is 6. The fourth-order valence-electron chi connectivity index (χ4n) is 2.62.